The summed E-state index contributed by atoms with van der Waals surface area (Å²) in [5.74, 6) is 1.10. The van der Waals surface area contributed by atoms with Gasteiger partial charge in [0.05, 0.1) is 23.4 Å². The minimum absolute atomic E-state index is 0.163. The number of hydrogen-bond donors (Lipinski definition) is 0. The van der Waals surface area contributed by atoms with Crippen LogP contribution in [0.1, 0.15) is 12.8 Å². The average Bonchev–Trinajstić information content (AvgIpc) is 3.26. The fraction of sp³-hybridized carbons (Fsp3) is 0.417. The summed E-state index contributed by atoms with van der Waals surface area (Å²) < 4.78 is 6.60. The SMILES string of the molecule is CSc1ccc2nc(N(CCN3CCOCC3)C(=O)CCCSc3ccccc3)sc2c1. The summed E-state index contributed by atoms with van der Waals surface area (Å²) in [6, 6.07) is 16.7. The first-order valence-electron chi connectivity index (χ1n) is 11.0. The van der Waals surface area contributed by atoms with Gasteiger partial charge in [-0.15, -0.1) is 23.5 Å². The summed E-state index contributed by atoms with van der Waals surface area (Å²) in [4.78, 5) is 24.8. The third kappa shape index (κ3) is 6.48. The van der Waals surface area contributed by atoms with Crippen molar-refractivity contribution in [2.24, 2.45) is 0 Å². The average molecular weight is 488 g/mol. The van der Waals surface area contributed by atoms with Gasteiger partial charge in [-0.2, -0.15) is 0 Å². The zero-order valence-electron chi connectivity index (χ0n) is 18.4. The minimum Gasteiger partial charge on any atom is -0.379 e. The monoisotopic (exact) mass is 487 g/mol. The molecule has 3 aromatic rings. The van der Waals surface area contributed by atoms with Crippen molar-refractivity contribution in [2.75, 3.05) is 56.3 Å². The van der Waals surface area contributed by atoms with Crippen LogP contribution in [0.2, 0.25) is 0 Å². The number of rotatable bonds is 10. The zero-order valence-corrected chi connectivity index (χ0v) is 20.8. The van der Waals surface area contributed by atoms with Gasteiger partial charge in [-0.1, -0.05) is 29.5 Å². The molecule has 0 atom stereocenters. The highest BCUT2D eigenvalue weighted by molar-refractivity contribution is 7.99. The number of benzene rings is 2. The topological polar surface area (TPSA) is 45.7 Å². The van der Waals surface area contributed by atoms with Crippen LogP contribution in [-0.2, 0) is 9.53 Å². The number of anilines is 1. The van der Waals surface area contributed by atoms with E-state index in [1.807, 2.05) is 11.0 Å². The van der Waals surface area contributed by atoms with Crippen molar-refractivity contribution in [3.05, 3.63) is 48.5 Å². The number of carbonyl (C=O) groups excluding carboxylic acids is 1. The van der Waals surface area contributed by atoms with Crippen LogP contribution in [0.3, 0.4) is 0 Å². The number of thiazole rings is 1. The van der Waals surface area contributed by atoms with Crippen molar-refractivity contribution in [2.45, 2.75) is 22.6 Å². The van der Waals surface area contributed by atoms with Gasteiger partial charge in [-0.05, 0) is 48.8 Å². The molecule has 0 spiro atoms. The molecule has 5 nitrogen and oxygen atoms in total. The first kappa shape index (κ1) is 23.6. The third-order valence-electron chi connectivity index (χ3n) is 5.41. The van der Waals surface area contributed by atoms with Crippen molar-refractivity contribution in [1.29, 1.82) is 0 Å². The van der Waals surface area contributed by atoms with E-state index in [1.54, 1.807) is 34.9 Å². The maximum absolute atomic E-state index is 13.3. The molecule has 2 heterocycles. The van der Waals surface area contributed by atoms with Gasteiger partial charge in [0.15, 0.2) is 5.13 Å². The highest BCUT2D eigenvalue weighted by atomic mass is 32.2. The van der Waals surface area contributed by atoms with Crippen LogP contribution in [-0.4, -0.2) is 67.2 Å². The Kier molecular flexibility index (Phi) is 8.87. The molecule has 1 saturated heterocycles. The molecule has 0 bridgehead atoms. The number of thioether (sulfide) groups is 2. The van der Waals surface area contributed by atoms with Crippen LogP contribution >= 0.6 is 34.9 Å². The van der Waals surface area contributed by atoms with E-state index in [1.165, 1.54) is 9.79 Å². The van der Waals surface area contributed by atoms with Crippen LogP contribution < -0.4 is 4.90 Å². The normalized spacial score (nSPS) is 14.7. The third-order valence-corrected chi connectivity index (χ3v) is 8.27. The summed E-state index contributed by atoms with van der Waals surface area (Å²) in [7, 11) is 0. The Labute approximate surface area is 202 Å². The van der Waals surface area contributed by atoms with E-state index in [0.717, 1.165) is 60.4 Å². The standard InChI is InChI=1S/C24H29N3O2S3/c1-30-20-9-10-21-22(18-20)32-24(25-21)27(12-11-26-13-15-29-16-14-26)23(28)8-5-17-31-19-6-3-2-4-7-19/h2-4,6-7,9-10,18H,5,8,11-17H2,1H3. The van der Waals surface area contributed by atoms with Crippen LogP contribution in [0.5, 0.6) is 0 Å². The lowest BCUT2D eigenvalue weighted by molar-refractivity contribution is -0.118. The van der Waals surface area contributed by atoms with Crippen molar-refractivity contribution in [1.82, 2.24) is 9.88 Å². The molecule has 4 rings (SSSR count). The van der Waals surface area contributed by atoms with Gasteiger partial charge >= 0.3 is 0 Å². The highest BCUT2D eigenvalue weighted by Gasteiger charge is 2.21. The van der Waals surface area contributed by atoms with Crippen molar-refractivity contribution < 1.29 is 9.53 Å². The smallest absolute Gasteiger partial charge is 0.228 e. The first-order chi connectivity index (χ1) is 15.7. The fourth-order valence-electron chi connectivity index (χ4n) is 3.59. The number of carbonyl (C=O) groups is 1. The zero-order chi connectivity index (χ0) is 22.2. The molecule has 8 heteroatoms. The van der Waals surface area contributed by atoms with Gasteiger partial charge < -0.3 is 4.74 Å². The van der Waals surface area contributed by atoms with Crippen LogP contribution in [0.25, 0.3) is 10.2 Å². The van der Waals surface area contributed by atoms with Crippen molar-refractivity contribution >= 4 is 56.1 Å². The van der Waals surface area contributed by atoms with Gasteiger partial charge in [0.1, 0.15) is 0 Å². The van der Waals surface area contributed by atoms with E-state index in [0.29, 0.717) is 13.0 Å². The second-order valence-corrected chi connectivity index (χ2v) is 10.7. The minimum atomic E-state index is 0.163. The van der Waals surface area contributed by atoms with Crippen LogP contribution in [0, 0.1) is 0 Å². The maximum Gasteiger partial charge on any atom is 0.228 e. The van der Waals surface area contributed by atoms with Gasteiger partial charge in [0.2, 0.25) is 5.91 Å². The number of ether oxygens (including phenoxy) is 1. The Hall–Kier alpha value is -1.58. The molecule has 0 aliphatic carbocycles. The van der Waals surface area contributed by atoms with Gasteiger partial charge in [0.25, 0.3) is 0 Å². The Morgan fingerprint density at radius 3 is 2.75 bits per heavy atom. The lowest BCUT2D eigenvalue weighted by atomic mass is 10.3. The second-order valence-electron chi connectivity index (χ2n) is 7.59. The molecular formula is C24H29N3O2S3. The van der Waals surface area contributed by atoms with E-state index >= 15 is 0 Å². The molecule has 1 aliphatic rings. The van der Waals surface area contributed by atoms with E-state index < -0.39 is 0 Å². The van der Waals surface area contributed by atoms with Gasteiger partial charge in [-0.25, -0.2) is 4.98 Å². The van der Waals surface area contributed by atoms with E-state index in [2.05, 4.69) is 53.6 Å². The predicted molar refractivity (Wildman–Crippen MR) is 137 cm³/mol. The molecule has 0 unspecified atom stereocenters. The molecule has 0 N–H and O–H groups in total. The van der Waals surface area contributed by atoms with Crippen LogP contribution in [0.4, 0.5) is 5.13 Å². The summed E-state index contributed by atoms with van der Waals surface area (Å²) >= 11 is 5.15. The summed E-state index contributed by atoms with van der Waals surface area (Å²) in [6.45, 7) is 4.89. The molecule has 1 fully saturated rings. The number of morpholine rings is 1. The Bertz CT molecular complexity index is 1010. The molecule has 1 aromatic heterocycles. The largest absolute Gasteiger partial charge is 0.379 e. The number of nitrogens with zero attached hydrogens (tertiary/aromatic N) is 3. The Balaban J connectivity index is 1.42. The lowest BCUT2D eigenvalue weighted by Crippen LogP contribution is -2.43. The number of fused-ring (bicyclic) bond motifs is 1. The molecule has 0 saturated carbocycles. The van der Waals surface area contributed by atoms with E-state index in [-0.39, 0.29) is 5.91 Å². The molecular weight excluding hydrogens is 458 g/mol. The van der Waals surface area contributed by atoms with Crippen molar-refractivity contribution in [3.8, 4) is 0 Å². The fourth-order valence-corrected chi connectivity index (χ4v) is 6.03. The number of hydrogen-bond acceptors (Lipinski definition) is 7. The van der Waals surface area contributed by atoms with Gasteiger partial charge in [-0.3, -0.25) is 14.6 Å². The molecule has 2 aromatic carbocycles. The Morgan fingerprint density at radius 2 is 1.97 bits per heavy atom. The van der Waals surface area contributed by atoms with Crippen molar-refractivity contribution in [3.63, 3.8) is 0 Å². The quantitative estimate of drug-likeness (QED) is 0.287. The highest BCUT2D eigenvalue weighted by Crippen LogP contribution is 2.32. The molecule has 1 aliphatic heterocycles. The number of aromatic nitrogens is 1. The number of amides is 1. The summed E-state index contributed by atoms with van der Waals surface area (Å²) in [5, 5.41) is 0.812. The van der Waals surface area contributed by atoms with Gasteiger partial charge in [0, 0.05) is 42.4 Å². The second kappa shape index (κ2) is 12.0. The lowest BCUT2D eigenvalue weighted by Gasteiger charge is -2.29. The van der Waals surface area contributed by atoms with Crippen LogP contribution in [0.15, 0.2) is 58.3 Å². The molecule has 1 amide bonds. The van der Waals surface area contributed by atoms with E-state index in [9.17, 15) is 4.79 Å². The maximum atomic E-state index is 13.3. The Morgan fingerprint density at radius 1 is 1.16 bits per heavy atom. The first-order valence-corrected chi connectivity index (χ1v) is 14.0. The molecule has 32 heavy (non-hydrogen) atoms. The molecule has 0 radical (unpaired) electrons. The molecule has 170 valence electrons. The summed E-state index contributed by atoms with van der Waals surface area (Å²) in [5.41, 5.74) is 0.964. The summed E-state index contributed by atoms with van der Waals surface area (Å²) in [6.07, 6.45) is 3.47. The van der Waals surface area contributed by atoms with E-state index in [4.69, 9.17) is 9.72 Å². The predicted octanol–water partition coefficient (Wildman–Crippen LogP) is 5.26.